The highest BCUT2D eigenvalue weighted by molar-refractivity contribution is 5.88. The minimum absolute atomic E-state index is 0.000256. The monoisotopic (exact) mass is 512 g/mol. The molecule has 0 spiro atoms. The van der Waals surface area contributed by atoms with Crippen LogP contribution in [-0.4, -0.2) is 29.3 Å². The van der Waals surface area contributed by atoms with Crippen molar-refractivity contribution >= 4 is 11.8 Å². The Bertz CT molecular complexity index is 1160. The van der Waals surface area contributed by atoms with Gasteiger partial charge in [-0.3, -0.25) is 9.59 Å². The molecule has 3 aromatic rings. The SMILES string of the molecule is CCCCNC(=O)C(Cc1ccccc1)N(Cc1ccccc1C)C(=O)CCc1ccc(C(C)(C)C)cc1. The summed E-state index contributed by atoms with van der Waals surface area (Å²) in [5.41, 5.74) is 5.73. The summed E-state index contributed by atoms with van der Waals surface area (Å²) in [5.74, 6) is -0.0847. The van der Waals surface area contributed by atoms with Crippen molar-refractivity contribution in [3.05, 3.63) is 107 Å². The molecule has 38 heavy (non-hydrogen) atoms. The highest BCUT2D eigenvalue weighted by Crippen LogP contribution is 2.23. The number of nitrogens with one attached hydrogen (secondary N) is 1. The Labute approximate surface area is 229 Å². The summed E-state index contributed by atoms with van der Waals surface area (Å²) >= 11 is 0. The lowest BCUT2D eigenvalue weighted by Crippen LogP contribution is -2.50. The summed E-state index contributed by atoms with van der Waals surface area (Å²) in [6, 6.07) is 26.1. The fourth-order valence-corrected chi connectivity index (χ4v) is 4.60. The molecule has 4 heteroatoms. The van der Waals surface area contributed by atoms with Gasteiger partial charge in [-0.15, -0.1) is 0 Å². The lowest BCUT2D eigenvalue weighted by Gasteiger charge is -2.32. The van der Waals surface area contributed by atoms with E-state index in [0.717, 1.165) is 35.1 Å². The molecule has 0 aliphatic rings. The van der Waals surface area contributed by atoms with Gasteiger partial charge in [-0.2, -0.15) is 0 Å². The predicted octanol–water partition coefficient (Wildman–Crippen LogP) is 6.78. The number of aryl methyl sites for hydroxylation is 2. The van der Waals surface area contributed by atoms with E-state index in [1.54, 1.807) is 4.90 Å². The number of rotatable bonds is 12. The molecular weight excluding hydrogens is 468 g/mol. The lowest BCUT2D eigenvalue weighted by molar-refractivity contribution is -0.141. The highest BCUT2D eigenvalue weighted by Gasteiger charge is 2.30. The molecule has 2 amide bonds. The molecule has 3 rings (SSSR count). The molecule has 1 atom stereocenters. The minimum atomic E-state index is -0.579. The molecule has 0 aliphatic carbocycles. The first kappa shape index (κ1) is 29.2. The highest BCUT2D eigenvalue weighted by atomic mass is 16.2. The average molecular weight is 513 g/mol. The number of nitrogens with zero attached hydrogens (tertiary/aromatic N) is 1. The molecule has 1 unspecified atom stereocenters. The van der Waals surface area contributed by atoms with Gasteiger partial charge in [0, 0.05) is 25.9 Å². The molecule has 0 radical (unpaired) electrons. The van der Waals surface area contributed by atoms with Gasteiger partial charge in [0.15, 0.2) is 0 Å². The maximum Gasteiger partial charge on any atom is 0.243 e. The fraction of sp³-hybridized carbons (Fsp3) is 0.412. The van der Waals surface area contributed by atoms with Crippen molar-refractivity contribution in [1.29, 1.82) is 0 Å². The quantitative estimate of drug-likeness (QED) is 0.272. The molecule has 0 saturated carbocycles. The van der Waals surface area contributed by atoms with Crippen LogP contribution in [-0.2, 0) is 34.4 Å². The smallest absolute Gasteiger partial charge is 0.243 e. The predicted molar refractivity (Wildman–Crippen MR) is 157 cm³/mol. The maximum atomic E-state index is 13.9. The molecule has 0 bridgehead atoms. The van der Waals surface area contributed by atoms with Gasteiger partial charge >= 0.3 is 0 Å². The van der Waals surface area contributed by atoms with Crippen LogP contribution in [0.3, 0.4) is 0 Å². The van der Waals surface area contributed by atoms with Crippen LogP contribution < -0.4 is 5.32 Å². The van der Waals surface area contributed by atoms with Gasteiger partial charge in [-0.25, -0.2) is 0 Å². The van der Waals surface area contributed by atoms with Gasteiger partial charge in [0.25, 0.3) is 0 Å². The second kappa shape index (κ2) is 13.9. The second-order valence-corrected chi connectivity index (χ2v) is 11.2. The van der Waals surface area contributed by atoms with Gasteiger partial charge in [-0.05, 0) is 53.0 Å². The molecule has 0 aliphatic heterocycles. The molecule has 4 nitrogen and oxygen atoms in total. The molecule has 0 aromatic heterocycles. The second-order valence-electron chi connectivity index (χ2n) is 11.2. The molecule has 202 valence electrons. The Hall–Kier alpha value is -3.40. The van der Waals surface area contributed by atoms with Crippen molar-refractivity contribution in [2.75, 3.05) is 6.54 Å². The zero-order valence-corrected chi connectivity index (χ0v) is 23.8. The lowest BCUT2D eigenvalue weighted by atomic mass is 9.86. The van der Waals surface area contributed by atoms with E-state index in [1.165, 1.54) is 5.56 Å². The average Bonchev–Trinajstić information content (AvgIpc) is 2.90. The Morgan fingerprint density at radius 3 is 2.16 bits per heavy atom. The van der Waals surface area contributed by atoms with Crippen molar-refractivity contribution in [3.63, 3.8) is 0 Å². The van der Waals surface area contributed by atoms with Gasteiger partial charge in [-0.1, -0.05) is 113 Å². The van der Waals surface area contributed by atoms with Crippen molar-refractivity contribution in [3.8, 4) is 0 Å². The van der Waals surface area contributed by atoms with E-state index in [9.17, 15) is 9.59 Å². The summed E-state index contributed by atoms with van der Waals surface area (Å²) in [5, 5.41) is 3.10. The number of carbonyl (C=O) groups is 2. The van der Waals surface area contributed by atoms with Gasteiger partial charge in [0.05, 0.1) is 0 Å². The van der Waals surface area contributed by atoms with E-state index in [-0.39, 0.29) is 17.2 Å². The number of amides is 2. The molecule has 3 aromatic carbocycles. The number of hydrogen-bond donors (Lipinski definition) is 1. The Kier molecular flexibility index (Phi) is 10.7. The minimum Gasteiger partial charge on any atom is -0.354 e. The first-order valence-corrected chi connectivity index (χ1v) is 13.9. The van der Waals surface area contributed by atoms with E-state index < -0.39 is 6.04 Å². The van der Waals surface area contributed by atoms with Crippen LogP contribution in [0.2, 0.25) is 0 Å². The zero-order valence-electron chi connectivity index (χ0n) is 23.8. The topological polar surface area (TPSA) is 49.4 Å². The summed E-state index contributed by atoms with van der Waals surface area (Å²) in [7, 11) is 0. The fourth-order valence-electron chi connectivity index (χ4n) is 4.60. The number of benzene rings is 3. The van der Waals surface area contributed by atoms with Crippen LogP contribution in [0.1, 0.15) is 74.8 Å². The van der Waals surface area contributed by atoms with Crippen molar-refractivity contribution < 1.29 is 9.59 Å². The van der Waals surface area contributed by atoms with Gasteiger partial charge in [0.2, 0.25) is 11.8 Å². The van der Waals surface area contributed by atoms with Crippen LogP contribution in [0, 0.1) is 6.92 Å². The van der Waals surface area contributed by atoms with Crippen LogP contribution in [0.25, 0.3) is 0 Å². The van der Waals surface area contributed by atoms with E-state index in [2.05, 4.69) is 76.3 Å². The number of carbonyl (C=O) groups excluding carboxylic acids is 2. The van der Waals surface area contributed by atoms with Crippen LogP contribution in [0.15, 0.2) is 78.9 Å². The van der Waals surface area contributed by atoms with E-state index in [4.69, 9.17) is 0 Å². The zero-order chi connectivity index (χ0) is 27.5. The third-order valence-electron chi connectivity index (χ3n) is 7.15. The van der Waals surface area contributed by atoms with Crippen molar-refractivity contribution in [1.82, 2.24) is 10.2 Å². The largest absolute Gasteiger partial charge is 0.354 e. The first-order valence-electron chi connectivity index (χ1n) is 13.9. The number of unbranched alkanes of at least 4 members (excludes halogenated alkanes) is 1. The number of hydrogen-bond acceptors (Lipinski definition) is 2. The van der Waals surface area contributed by atoms with E-state index >= 15 is 0 Å². The Balaban J connectivity index is 1.87. The van der Waals surface area contributed by atoms with E-state index in [0.29, 0.717) is 32.4 Å². The van der Waals surface area contributed by atoms with Gasteiger partial charge < -0.3 is 10.2 Å². The standard InChI is InChI=1S/C34H44N2O2/c1-6-7-23-35-33(38)31(24-28-14-9-8-10-15-28)36(25-29-16-12-11-13-26(29)2)32(37)22-19-27-17-20-30(21-18-27)34(3,4)5/h8-18,20-21,31H,6-7,19,22-25H2,1-5H3,(H,35,38). The summed E-state index contributed by atoms with van der Waals surface area (Å²) in [6.45, 7) is 11.8. The van der Waals surface area contributed by atoms with Crippen molar-refractivity contribution in [2.24, 2.45) is 0 Å². The molecule has 0 saturated heterocycles. The van der Waals surface area contributed by atoms with Crippen molar-refractivity contribution in [2.45, 2.75) is 84.7 Å². The summed E-state index contributed by atoms with van der Waals surface area (Å²) in [6.07, 6.45) is 3.40. The normalized spacial score (nSPS) is 12.1. The third kappa shape index (κ3) is 8.58. The summed E-state index contributed by atoms with van der Waals surface area (Å²) in [4.78, 5) is 29.2. The molecular formula is C34H44N2O2. The Morgan fingerprint density at radius 2 is 1.53 bits per heavy atom. The maximum absolute atomic E-state index is 13.9. The molecule has 0 heterocycles. The van der Waals surface area contributed by atoms with Crippen LogP contribution >= 0.6 is 0 Å². The first-order chi connectivity index (χ1) is 18.2. The summed E-state index contributed by atoms with van der Waals surface area (Å²) < 4.78 is 0. The third-order valence-corrected chi connectivity index (χ3v) is 7.15. The van der Waals surface area contributed by atoms with E-state index in [1.807, 2.05) is 42.5 Å². The molecule has 0 fully saturated rings. The molecule has 1 N–H and O–H groups in total. The van der Waals surface area contributed by atoms with Crippen LogP contribution in [0.5, 0.6) is 0 Å². The Morgan fingerprint density at radius 1 is 0.868 bits per heavy atom. The van der Waals surface area contributed by atoms with Gasteiger partial charge in [0.1, 0.15) is 6.04 Å². The van der Waals surface area contributed by atoms with Crippen LogP contribution in [0.4, 0.5) is 0 Å².